The van der Waals surface area contributed by atoms with Gasteiger partial charge in [0.2, 0.25) is 0 Å². The van der Waals surface area contributed by atoms with Crippen molar-refractivity contribution in [1.82, 2.24) is 15.6 Å². The van der Waals surface area contributed by atoms with E-state index < -0.39 is 0 Å². The van der Waals surface area contributed by atoms with Crippen LogP contribution in [0.2, 0.25) is 0 Å². The number of hydrogen-bond donors (Lipinski definition) is 2. The van der Waals surface area contributed by atoms with Crippen LogP contribution in [0.3, 0.4) is 0 Å². The molecule has 0 saturated carbocycles. The molecule has 5 nitrogen and oxygen atoms in total. The number of rotatable bonds is 3. The number of nitrogens with one attached hydrogen (secondary N) is 2. The SMILES string of the molecule is C/C(=N\NC(=O)c1cc(C)[nH]n1)c1ccc2c(c1)CCCC2. The van der Waals surface area contributed by atoms with Gasteiger partial charge < -0.3 is 0 Å². The van der Waals surface area contributed by atoms with Crippen molar-refractivity contribution < 1.29 is 4.79 Å². The Labute approximate surface area is 129 Å². The summed E-state index contributed by atoms with van der Waals surface area (Å²) in [7, 11) is 0. The molecule has 2 aromatic rings. The predicted molar refractivity (Wildman–Crippen MR) is 86.1 cm³/mol. The molecule has 1 heterocycles. The van der Waals surface area contributed by atoms with E-state index in [2.05, 4.69) is 38.9 Å². The third-order valence-electron chi connectivity index (χ3n) is 4.03. The van der Waals surface area contributed by atoms with Gasteiger partial charge in [-0.25, -0.2) is 5.43 Å². The summed E-state index contributed by atoms with van der Waals surface area (Å²) in [6.45, 7) is 3.76. The van der Waals surface area contributed by atoms with Crippen molar-refractivity contribution in [2.75, 3.05) is 0 Å². The van der Waals surface area contributed by atoms with E-state index in [0.717, 1.165) is 23.4 Å². The number of hydrazone groups is 1. The zero-order chi connectivity index (χ0) is 15.5. The lowest BCUT2D eigenvalue weighted by molar-refractivity contribution is 0.0950. The van der Waals surface area contributed by atoms with Crippen LogP contribution in [0, 0.1) is 6.92 Å². The number of aromatic amines is 1. The Bertz CT molecular complexity index is 730. The van der Waals surface area contributed by atoms with Gasteiger partial charge in [0.15, 0.2) is 5.69 Å². The molecular weight excluding hydrogens is 276 g/mol. The lowest BCUT2D eigenvalue weighted by Crippen LogP contribution is -2.19. The standard InChI is InChI=1S/C17H20N4O/c1-11-9-16(20-18-11)17(22)21-19-12(2)14-8-7-13-5-3-4-6-15(13)10-14/h7-10H,3-6H2,1-2H3,(H,18,20)(H,21,22)/b19-12+. The normalized spacial score (nSPS) is 14.5. The Morgan fingerprint density at radius 3 is 2.73 bits per heavy atom. The number of benzene rings is 1. The summed E-state index contributed by atoms with van der Waals surface area (Å²) in [5, 5.41) is 10.9. The summed E-state index contributed by atoms with van der Waals surface area (Å²) < 4.78 is 0. The highest BCUT2D eigenvalue weighted by atomic mass is 16.2. The maximum atomic E-state index is 11.9. The monoisotopic (exact) mass is 296 g/mol. The molecule has 0 radical (unpaired) electrons. The smallest absolute Gasteiger partial charge is 0.282 e. The number of nitrogens with zero attached hydrogens (tertiary/aromatic N) is 2. The topological polar surface area (TPSA) is 70.1 Å². The number of aromatic nitrogens is 2. The van der Waals surface area contributed by atoms with Gasteiger partial charge in [-0.15, -0.1) is 0 Å². The van der Waals surface area contributed by atoms with Gasteiger partial charge in [0.25, 0.3) is 5.91 Å². The fourth-order valence-corrected chi connectivity index (χ4v) is 2.75. The molecule has 0 spiro atoms. The van der Waals surface area contributed by atoms with E-state index in [9.17, 15) is 4.79 Å². The van der Waals surface area contributed by atoms with Crippen LogP contribution in [0.1, 0.15) is 52.6 Å². The van der Waals surface area contributed by atoms with Crippen molar-refractivity contribution in [3.8, 4) is 0 Å². The minimum absolute atomic E-state index is 0.304. The van der Waals surface area contributed by atoms with Gasteiger partial charge in [-0.1, -0.05) is 12.1 Å². The third kappa shape index (κ3) is 3.08. The van der Waals surface area contributed by atoms with Crippen molar-refractivity contribution in [3.63, 3.8) is 0 Å². The first-order valence-corrected chi connectivity index (χ1v) is 7.62. The first-order valence-electron chi connectivity index (χ1n) is 7.62. The van der Waals surface area contributed by atoms with Crippen molar-refractivity contribution in [2.24, 2.45) is 5.10 Å². The third-order valence-corrected chi connectivity index (χ3v) is 4.03. The lowest BCUT2D eigenvalue weighted by Gasteiger charge is -2.16. The molecule has 0 atom stereocenters. The van der Waals surface area contributed by atoms with Crippen LogP contribution >= 0.6 is 0 Å². The van der Waals surface area contributed by atoms with E-state index in [-0.39, 0.29) is 5.91 Å². The van der Waals surface area contributed by atoms with Gasteiger partial charge in [0.05, 0.1) is 5.71 Å². The number of carbonyl (C=O) groups is 1. The first-order chi connectivity index (χ1) is 10.6. The van der Waals surface area contributed by atoms with E-state index in [4.69, 9.17) is 0 Å². The van der Waals surface area contributed by atoms with Crippen LogP contribution in [0.15, 0.2) is 29.4 Å². The molecule has 114 valence electrons. The number of carbonyl (C=O) groups excluding carboxylic acids is 1. The molecule has 22 heavy (non-hydrogen) atoms. The summed E-state index contributed by atoms with van der Waals surface area (Å²) in [6, 6.07) is 8.15. The van der Waals surface area contributed by atoms with Gasteiger partial charge in [-0.2, -0.15) is 10.2 Å². The van der Waals surface area contributed by atoms with Gasteiger partial charge >= 0.3 is 0 Å². The minimum atomic E-state index is -0.304. The summed E-state index contributed by atoms with van der Waals surface area (Å²) in [4.78, 5) is 11.9. The van der Waals surface area contributed by atoms with Crippen LogP contribution in [-0.4, -0.2) is 21.8 Å². The maximum Gasteiger partial charge on any atom is 0.291 e. The molecule has 1 aromatic carbocycles. The Morgan fingerprint density at radius 1 is 1.23 bits per heavy atom. The number of aryl methyl sites for hydroxylation is 3. The fraction of sp³-hybridized carbons (Fsp3) is 0.353. The summed E-state index contributed by atoms with van der Waals surface area (Å²) >= 11 is 0. The highest BCUT2D eigenvalue weighted by Crippen LogP contribution is 2.22. The molecule has 3 rings (SSSR count). The summed E-state index contributed by atoms with van der Waals surface area (Å²) in [5.41, 5.74) is 8.46. The van der Waals surface area contributed by atoms with Crippen molar-refractivity contribution >= 4 is 11.6 Å². The molecule has 0 unspecified atom stereocenters. The lowest BCUT2D eigenvalue weighted by atomic mass is 9.90. The largest absolute Gasteiger partial charge is 0.291 e. The highest BCUT2D eigenvalue weighted by Gasteiger charge is 2.11. The summed E-state index contributed by atoms with van der Waals surface area (Å²) in [6.07, 6.45) is 4.83. The zero-order valence-electron chi connectivity index (χ0n) is 12.9. The fourth-order valence-electron chi connectivity index (χ4n) is 2.75. The number of fused-ring (bicyclic) bond motifs is 1. The second-order valence-electron chi connectivity index (χ2n) is 5.76. The van der Waals surface area contributed by atoms with Crippen LogP contribution in [0.25, 0.3) is 0 Å². The van der Waals surface area contributed by atoms with Crippen molar-refractivity contribution in [1.29, 1.82) is 0 Å². The zero-order valence-corrected chi connectivity index (χ0v) is 12.9. The minimum Gasteiger partial charge on any atom is -0.282 e. The van der Waals surface area contributed by atoms with Gasteiger partial charge in [-0.05, 0) is 68.4 Å². The first kappa shape index (κ1) is 14.5. The molecule has 1 aromatic heterocycles. The molecule has 0 fully saturated rings. The number of H-pyrrole nitrogens is 1. The number of hydrogen-bond acceptors (Lipinski definition) is 3. The second-order valence-corrected chi connectivity index (χ2v) is 5.76. The Morgan fingerprint density at radius 2 is 2.00 bits per heavy atom. The Hall–Kier alpha value is -2.43. The molecule has 1 aliphatic rings. The quantitative estimate of drug-likeness (QED) is 0.675. The average Bonchev–Trinajstić information content (AvgIpc) is 2.98. The van der Waals surface area contributed by atoms with Crippen LogP contribution < -0.4 is 5.43 Å². The predicted octanol–water partition coefficient (Wildman–Crippen LogP) is 2.75. The van der Waals surface area contributed by atoms with Crippen LogP contribution in [0.5, 0.6) is 0 Å². The molecule has 0 saturated heterocycles. The average molecular weight is 296 g/mol. The molecule has 1 amide bonds. The maximum absolute atomic E-state index is 11.9. The van der Waals surface area contributed by atoms with E-state index >= 15 is 0 Å². The molecule has 5 heteroatoms. The summed E-state index contributed by atoms with van der Waals surface area (Å²) in [5.74, 6) is -0.304. The van der Waals surface area contributed by atoms with Crippen LogP contribution in [-0.2, 0) is 12.8 Å². The van der Waals surface area contributed by atoms with E-state index in [1.54, 1.807) is 6.07 Å². The second kappa shape index (κ2) is 6.13. The van der Waals surface area contributed by atoms with Crippen molar-refractivity contribution in [2.45, 2.75) is 39.5 Å². The van der Waals surface area contributed by atoms with Gasteiger partial charge in [0.1, 0.15) is 0 Å². The molecular formula is C17H20N4O. The van der Waals surface area contributed by atoms with E-state index in [1.807, 2.05) is 13.8 Å². The molecule has 2 N–H and O–H groups in total. The Kier molecular flexibility index (Phi) is 4.04. The molecule has 0 bridgehead atoms. The van der Waals surface area contributed by atoms with E-state index in [0.29, 0.717) is 5.69 Å². The number of amides is 1. The van der Waals surface area contributed by atoms with E-state index in [1.165, 1.54) is 30.4 Å². The van der Waals surface area contributed by atoms with Crippen molar-refractivity contribution in [3.05, 3.63) is 52.3 Å². The highest BCUT2D eigenvalue weighted by molar-refractivity contribution is 6.00. The van der Waals surface area contributed by atoms with Crippen LogP contribution in [0.4, 0.5) is 0 Å². The van der Waals surface area contributed by atoms with Gasteiger partial charge in [-0.3, -0.25) is 9.89 Å². The molecule has 0 aliphatic heterocycles. The Balaban J connectivity index is 1.73. The molecule has 1 aliphatic carbocycles. The van der Waals surface area contributed by atoms with Gasteiger partial charge in [0, 0.05) is 5.69 Å².